The van der Waals surface area contributed by atoms with Gasteiger partial charge in [-0.15, -0.1) is 0 Å². The van der Waals surface area contributed by atoms with E-state index in [4.69, 9.17) is 0 Å². The summed E-state index contributed by atoms with van der Waals surface area (Å²) in [5, 5.41) is 3.16. The van der Waals surface area contributed by atoms with E-state index in [0.29, 0.717) is 25.9 Å². The molecule has 1 N–H and O–H groups in total. The van der Waals surface area contributed by atoms with Crippen LogP contribution in [0.15, 0.2) is 18.2 Å². The summed E-state index contributed by atoms with van der Waals surface area (Å²) in [6, 6.07) is 2.70. The molecule has 0 aromatic heterocycles. The quantitative estimate of drug-likeness (QED) is 0.855. The van der Waals surface area contributed by atoms with Gasteiger partial charge in [0, 0.05) is 37.8 Å². The fraction of sp³-hybridized carbons (Fsp3) is 0.600. The van der Waals surface area contributed by atoms with Gasteiger partial charge in [-0.2, -0.15) is 13.2 Å². The van der Waals surface area contributed by atoms with Gasteiger partial charge < -0.3 is 5.32 Å². The van der Waals surface area contributed by atoms with Crippen LogP contribution in [0.1, 0.15) is 36.9 Å². The molecular weight excluding hydrogens is 284 g/mol. The molecule has 1 fully saturated rings. The normalized spacial score (nSPS) is 18.7. The number of hydrogen-bond acceptors (Lipinski definition) is 2. The first-order chi connectivity index (χ1) is 9.95. The molecule has 1 aliphatic heterocycles. The van der Waals surface area contributed by atoms with Gasteiger partial charge in [-0.25, -0.2) is 4.39 Å². The van der Waals surface area contributed by atoms with Crippen LogP contribution >= 0.6 is 0 Å². The van der Waals surface area contributed by atoms with Gasteiger partial charge in [-0.3, -0.25) is 4.90 Å². The van der Waals surface area contributed by atoms with Crippen LogP contribution in [0.2, 0.25) is 0 Å². The van der Waals surface area contributed by atoms with E-state index in [9.17, 15) is 17.6 Å². The zero-order chi connectivity index (χ0) is 15.5. The SMILES string of the molecule is CCC[C@H](c1c(F)cccc1C(F)(F)F)N1CCNCC1. The first-order valence-electron chi connectivity index (χ1n) is 7.25. The van der Waals surface area contributed by atoms with E-state index in [1.807, 2.05) is 11.8 Å². The van der Waals surface area contributed by atoms with Crippen molar-refractivity contribution < 1.29 is 17.6 Å². The number of halogens is 4. The van der Waals surface area contributed by atoms with Crippen molar-refractivity contribution >= 4 is 0 Å². The smallest absolute Gasteiger partial charge is 0.314 e. The number of benzene rings is 1. The Hall–Kier alpha value is -1.14. The molecule has 0 bridgehead atoms. The predicted octanol–water partition coefficient (Wildman–Crippen LogP) is 3.59. The van der Waals surface area contributed by atoms with E-state index >= 15 is 0 Å². The molecule has 1 aliphatic rings. The molecule has 0 aliphatic carbocycles. The number of piperazine rings is 1. The first kappa shape index (κ1) is 16.2. The Morgan fingerprint density at radius 1 is 1.24 bits per heavy atom. The Morgan fingerprint density at radius 2 is 1.90 bits per heavy atom. The molecule has 0 spiro atoms. The Kier molecular flexibility index (Phi) is 5.22. The highest BCUT2D eigenvalue weighted by Gasteiger charge is 2.38. The second kappa shape index (κ2) is 6.75. The third kappa shape index (κ3) is 3.74. The molecule has 0 saturated carbocycles. The van der Waals surface area contributed by atoms with Crippen molar-refractivity contribution in [1.82, 2.24) is 10.2 Å². The van der Waals surface area contributed by atoms with Crippen LogP contribution in [0.3, 0.4) is 0 Å². The largest absolute Gasteiger partial charge is 0.416 e. The van der Waals surface area contributed by atoms with Crippen LogP contribution in [0, 0.1) is 5.82 Å². The van der Waals surface area contributed by atoms with Crippen LogP contribution in [-0.4, -0.2) is 31.1 Å². The first-order valence-corrected chi connectivity index (χ1v) is 7.25. The van der Waals surface area contributed by atoms with Gasteiger partial charge in [0.2, 0.25) is 0 Å². The van der Waals surface area contributed by atoms with Gasteiger partial charge >= 0.3 is 6.18 Å². The van der Waals surface area contributed by atoms with Crippen LogP contribution in [0.25, 0.3) is 0 Å². The van der Waals surface area contributed by atoms with Gasteiger partial charge in [0.15, 0.2) is 0 Å². The van der Waals surface area contributed by atoms with E-state index in [-0.39, 0.29) is 5.56 Å². The zero-order valence-electron chi connectivity index (χ0n) is 12.0. The number of rotatable bonds is 4. The van der Waals surface area contributed by atoms with E-state index in [0.717, 1.165) is 31.3 Å². The van der Waals surface area contributed by atoms with Crippen molar-refractivity contribution in [3.63, 3.8) is 0 Å². The van der Waals surface area contributed by atoms with E-state index in [2.05, 4.69) is 5.32 Å². The second-order valence-electron chi connectivity index (χ2n) is 5.29. The van der Waals surface area contributed by atoms with E-state index in [1.165, 1.54) is 0 Å². The molecule has 21 heavy (non-hydrogen) atoms. The highest BCUT2D eigenvalue weighted by molar-refractivity contribution is 5.34. The molecule has 2 rings (SSSR count). The fourth-order valence-corrected chi connectivity index (χ4v) is 2.90. The molecule has 0 unspecified atom stereocenters. The molecule has 1 atom stereocenters. The maximum absolute atomic E-state index is 14.2. The summed E-state index contributed by atoms with van der Waals surface area (Å²) >= 11 is 0. The Balaban J connectivity index is 2.43. The van der Waals surface area contributed by atoms with Gasteiger partial charge in [0.25, 0.3) is 0 Å². The summed E-state index contributed by atoms with van der Waals surface area (Å²) in [6.45, 7) is 4.61. The molecule has 1 aromatic rings. The summed E-state index contributed by atoms with van der Waals surface area (Å²) in [6.07, 6.45) is -3.30. The lowest BCUT2D eigenvalue weighted by Crippen LogP contribution is -2.45. The number of hydrogen-bond donors (Lipinski definition) is 1. The molecule has 2 nitrogen and oxygen atoms in total. The lowest BCUT2D eigenvalue weighted by atomic mass is 9.94. The minimum Gasteiger partial charge on any atom is -0.314 e. The summed E-state index contributed by atoms with van der Waals surface area (Å²) < 4.78 is 53.8. The number of nitrogens with one attached hydrogen (secondary N) is 1. The Morgan fingerprint density at radius 3 is 2.48 bits per heavy atom. The molecule has 0 radical (unpaired) electrons. The summed E-state index contributed by atoms with van der Waals surface area (Å²) in [5.74, 6) is -0.762. The van der Waals surface area contributed by atoms with Crippen molar-refractivity contribution in [2.75, 3.05) is 26.2 Å². The zero-order valence-corrected chi connectivity index (χ0v) is 12.0. The minimum absolute atomic E-state index is 0.200. The topological polar surface area (TPSA) is 15.3 Å². The Bertz CT molecular complexity index is 467. The summed E-state index contributed by atoms with van der Waals surface area (Å²) in [7, 11) is 0. The van der Waals surface area contributed by atoms with Crippen LogP contribution in [-0.2, 0) is 6.18 Å². The molecule has 1 saturated heterocycles. The monoisotopic (exact) mass is 304 g/mol. The summed E-state index contributed by atoms with van der Waals surface area (Å²) in [4.78, 5) is 1.95. The average Bonchev–Trinajstić information content (AvgIpc) is 2.45. The van der Waals surface area contributed by atoms with Crippen LogP contribution in [0.5, 0.6) is 0 Å². The molecule has 118 valence electrons. The van der Waals surface area contributed by atoms with Crippen LogP contribution < -0.4 is 5.32 Å². The number of alkyl halides is 3. The van der Waals surface area contributed by atoms with E-state index in [1.54, 1.807) is 0 Å². The second-order valence-corrected chi connectivity index (χ2v) is 5.29. The van der Waals surface area contributed by atoms with Gasteiger partial charge in [0.1, 0.15) is 5.82 Å². The maximum Gasteiger partial charge on any atom is 0.416 e. The molecule has 1 aromatic carbocycles. The molecular formula is C15H20F4N2. The lowest BCUT2D eigenvalue weighted by Gasteiger charge is -2.36. The lowest BCUT2D eigenvalue weighted by molar-refractivity contribution is -0.139. The third-order valence-electron chi connectivity index (χ3n) is 3.85. The van der Waals surface area contributed by atoms with Crippen molar-refractivity contribution in [1.29, 1.82) is 0 Å². The maximum atomic E-state index is 14.2. The van der Waals surface area contributed by atoms with E-state index < -0.39 is 23.6 Å². The fourth-order valence-electron chi connectivity index (χ4n) is 2.90. The minimum atomic E-state index is -4.53. The summed E-state index contributed by atoms with van der Waals surface area (Å²) in [5.41, 5.74) is -1.05. The molecule has 1 heterocycles. The molecule has 6 heteroatoms. The van der Waals surface area contributed by atoms with Crippen molar-refractivity contribution in [2.45, 2.75) is 32.0 Å². The van der Waals surface area contributed by atoms with Gasteiger partial charge in [0.05, 0.1) is 5.56 Å². The van der Waals surface area contributed by atoms with Gasteiger partial charge in [-0.1, -0.05) is 19.4 Å². The third-order valence-corrected chi connectivity index (χ3v) is 3.85. The number of nitrogens with zero attached hydrogens (tertiary/aromatic N) is 1. The van der Waals surface area contributed by atoms with Crippen molar-refractivity contribution in [3.8, 4) is 0 Å². The van der Waals surface area contributed by atoms with Crippen LogP contribution in [0.4, 0.5) is 17.6 Å². The standard InChI is InChI=1S/C15H20F4N2/c1-2-4-13(21-9-7-20-8-10-21)14-11(15(17,18)19)5-3-6-12(14)16/h3,5-6,13,20H,2,4,7-10H2,1H3/t13-/m1/s1. The Labute approximate surface area is 122 Å². The average molecular weight is 304 g/mol. The van der Waals surface area contributed by atoms with Crippen molar-refractivity contribution in [2.24, 2.45) is 0 Å². The molecule has 0 amide bonds. The predicted molar refractivity (Wildman–Crippen MR) is 73.5 cm³/mol. The van der Waals surface area contributed by atoms with Crippen molar-refractivity contribution in [3.05, 3.63) is 35.1 Å². The highest BCUT2D eigenvalue weighted by Crippen LogP contribution is 2.39. The van der Waals surface area contributed by atoms with Gasteiger partial charge in [-0.05, 0) is 18.6 Å². The highest BCUT2D eigenvalue weighted by atomic mass is 19.4.